The van der Waals surface area contributed by atoms with Gasteiger partial charge in [0.1, 0.15) is 5.75 Å². The first-order valence-corrected chi connectivity index (χ1v) is 3.40. The van der Waals surface area contributed by atoms with Crippen LogP contribution in [-0.4, -0.2) is 22.3 Å². The fraction of sp³-hybridized carbons (Fsp3) is 0. The summed E-state index contributed by atoms with van der Waals surface area (Å²) in [5.41, 5.74) is 8.20. The van der Waals surface area contributed by atoms with Gasteiger partial charge in [0.05, 0.1) is 5.56 Å². The number of benzene rings is 1. The molecule has 0 bridgehead atoms. The third kappa shape index (κ3) is 2.43. The summed E-state index contributed by atoms with van der Waals surface area (Å²) < 4.78 is 4.76. The minimum Gasteiger partial charge on any atom is -0.478 e. The van der Waals surface area contributed by atoms with Gasteiger partial charge < -0.3 is 15.4 Å². The van der Waals surface area contributed by atoms with E-state index in [9.17, 15) is 4.79 Å². The van der Waals surface area contributed by atoms with Crippen molar-refractivity contribution in [1.29, 1.82) is 0 Å². The predicted molar refractivity (Wildman–Crippen MR) is 43.7 cm³/mol. The highest BCUT2D eigenvalue weighted by molar-refractivity contribution is 5.87. The Bertz CT molecular complexity index is 352. The van der Waals surface area contributed by atoms with E-state index in [1.165, 1.54) is 24.3 Å². The molecule has 0 aromatic heterocycles. The van der Waals surface area contributed by atoms with Crippen molar-refractivity contribution >= 4 is 12.4 Å². The zero-order valence-corrected chi connectivity index (χ0v) is 6.54. The lowest BCUT2D eigenvalue weighted by Crippen LogP contribution is -1.96. The van der Waals surface area contributed by atoms with E-state index >= 15 is 0 Å². The zero-order chi connectivity index (χ0) is 9.68. The number of rotatable bonds is 3. The molecule has 66 valence electrons. The van der Waals surface area contributed by atoms with Crippen molar-refractivity contribution < 1.29 is 19.4 Å². The number of nitrogens with zero attached hydrogens (tertiary/aromatic N) is 2. The minimum absolute atomic E-state index is 0.174. The highest BCUT2D eigenvalue weighted by Crippen LogP contribution is 2.10. The largest absolute Gasteiger partial charge is 0.478 e. The monoisotopic (exact) mass is 178 g/mol. The Hall–Kier alpha value is -2.13. The van der Waals surface area contributed by atoms with E-state index in [0.29, 0.717) is 5.75 Å². The van der Waals surface area contributed by atoms with Gasteiger partial charge in [-0.15, -0.1) is 4.79 Å². The molecule has 0 heterocycles. The number of aromatic carboxylic acids is 1. The maximum absolute atomic E-state index is 10.4. The van der Waals surface area contributed by atoms with Crippen molar-refractivity contribution in [2.45, 2.75) is 0 Å². The van der Waals surface area contributed by atoms with Crippen molar-refractivity contribution in [3.05, 3.63) is 35.4 Å². The molecule has 0 atom stereocenters. The Labute approximate surface area is 73.8 Å². The van der Waals surface area contributed by atoms with Crippen LogP contribution in [0.25, 0.3) is 5.53 Å². The first kappa shape index (κ1) is 8.96. The molecule has 0 radical (unpaired) electrons. The first-order valence-electron chi connectivity index (χ1n) is 3.40. The Morgan fingerprint density at radius 2 is 2.08 bits per heavy atom. The molecule has 0 spiro atoms. The van der Waals surface area contributed by atoms with Crippen LogP contribution in [0.1, 0.15) is 10.4 Å². The Morgan fingerprint density at radius 1 is 1.46 bits per heavy atom. The van der Waals surface area contributed by atoms with Gasteiger partial charge in [-0.25, -0.2) is 4.79 Å². The molecule has 0 aliphatic heterocycles. The molecule has 0 amide bonds. The third-order valence-electron chi connectivity index (χ3n) is 1.34. The van der Waals surface area contributed by atoms with Crippen LogP contribution in [0, 0.1) is 0 Å². The maximum atomic E-state index is 10.4. The average molecular weight is 178 g/mol. The van der Waals surface area contributed by atoms with Crippen LogP contribution in [0.15, 0.2) is 24.3 Å². The second-order valence-electron chi connectivity index (χ2n) is 2.17. The number of ether oxygens (including phenoxy) is 1. The standard InChI is InChI=1S/C8H6N2O3/c9-10-5-13-7-3-1-6(2-4-7)8(11)12/h1-5H,(H,11,12). The molecule has 0 unspecified atom stereocenters. The molecule has 1 aromatic carbocycles. The summed E-state index contributed by atoms with van der Waals surface area (Å²) >= 11 is 0. The molecule has 5 heteroatoms. The summed E-state index contributed by atoms with van der Waals surface area (Å²) in [6.07, 6.45) is 0.843. The van der Waals surface area contributed by atoms with E-state index in [0.717, 1.165) is 6.40 Å². The van der Waals surface area contributed by atoms with Gasteiger partial charge >= 0.3 is 12.4 Å². The average Bonchev–Trinajstić information content (AvgIpc) is 2.15. The van der Waals surface area contributed by atoms with Gasteiger partial charge in [0.15, 0.2) is 0 Å². The molecule has 0 saturated carbocycles. The highest BCUT2D eigenvalue weighted by atomic mass is 16.5. The fourth-order valence-corrected chi connectivity index (χ4v) is 0.761. The van der Waals surface area contributed by atoms with Crippen molar-refractivity contribution in [2.75, 3.05) is 0 Å². The van der Waals surface area contributed by atoms with Gasteiger partial charge in [0, 0.05) is 0 Å². The maximum Gasteiger partial charge on any atom is 0.443 e. The molecule has 13 heavy (non-hydrogen) atoms. The van der Waals surface area contributed by atoms with Crippen LogP contribution in [0.5, 0.6) is 5.75 Å². The van der Waals surface area contributed by atoms with Gasteiger partial charge in [-0.3, -0.25) is 0 Å². The molecular formula is C8H6N2O3. The summed E-state index contributed by atoms with van der Waals surface area (Å²) in [5, 5.41) is 8.54. The number of carboxylic acids is 1. The van der Waals surface area contributed by atoms with E-state index in [-0.39, 0.29) is 5.56 Å². The first-order chi connectivity index (χ1) is 6.24. The number of hydrogen-bond donors (Lipinski definition) is 1. The molecule has 1 N–H and O–H groups in total. The Morgan fingerprint density at radius 3 is 2.54 bits per heavy atom. The van der Waals surface area contributed by atoms with E-state index in [2.05, 4.69) is 4.79 Å². The fourth-order valence-electron chi connectivity index (χ4n) is 0.761. The molecule has 1 aromatic rings. The highest BCUT2D eigenvalue weighted by Gasteiger charge is 2.01. The molecular weight excluding hydrogens is 172 g/mol. The lowest BCUT2D eigenvalue weighted by Gasteiger charge is -1.95. The van der Waals surface area contributed by atoms with Crippen molar-refractivity contribution in [3.63, 3.8) is 0 Å². The SMILES string of the molecule is [N-]=[N+]=COc1ccc(C(=O)O)cc1. The molecule has 0 saturated heterocycles. The lowest BCUT2D eigenvalue weighted by molar-refractivity contribution is -0.0150. The summed E-state index contributed by atoms with van der Waals surface area (Å²) in [4.78, 5) is 13.0. The summed E-state index contributed by atoms with van der Waals surface area (Å²) in [5.74, 6) is -0.592. The van der Waals surface area contributed by atoms with Crippen LogP contribution < -0.4 is 4.74 Å². The lowest BCUT2D eigenvalue weighted by atomic mass is 10.2. The van der Waals surface area contributed by atoms with Crippen molar-refractivity contribution in [2.24, 2.45) is 0 Å². The Balaban J connectivity index is 2.80. The van der Waals surface area contributed by atoms with Crippen LogP contribution in [0.2, 0.25) is 0 Å². The van der Waals surface area contributed by atoms with Gasteiger partial charge in [0.25, 0.3) is 0 Å². The van der Waals surface area contributed by atoms with Crippen LogP contribution in [-0.2, 0) is 0 Å². The molecule has 0 aliphatic rings. The zero-order valence-electron chi connectivity index (χ0n) is 6.54. The van der Waals surface area contributed by atoms with E-state index in [4.69, 9.17) is 15.4 Å². The van der Waals surface area contributed by atoms with Crippen LogP contribution >= 0.6 is 0 Å². The second kappa shape index (κ2) is 4.04. The van der Waals surface area contributed by atoms with Crippen LogP contribution in [0.4, 0.5) is 0 Å². The number of carboxylic acid groups (broad SMARTS) is 1. The second-order valence-corrected chi connectivity index (χ2v) is 2.17. The Kier molecular flexibility index (Phi) is 2.78. The number of hydrogen-bond acceptors (Lipinski definition) is 2. The predicted octanol–water partition coefficient (Wildman–Crippen LogP) is 1.02. The normalized spacial score (nSPS) is 8.62. The summed E-state index contributed by atoms with van der Waals surface area (Å²) in [6.45, 7) is 0. The van der Waals surface area contributed by atoms with Crippen molar-refractivity contribution in [1.82, 2.24) is 0 Å². The minimum atomic E-state index is -0.998. The van der Waals surface area contributed by atoms with E-state index in [1.54, 1.807) is 0 Å². The quantitative estimate of drug-likeness (QED) is 0.324. The summed E-state index contributed by atoms with van der Waals surface area (Å²) in [6, 6.07) is 5.71. The van der Waals surface area contributed by atoms with Gasteiger partial charge in [-0.1, -0.05) is 0 Å². The smallest absolute Gasteiger partial charge is 0.443 e. The molecule has 1 rings (SSSR count). The van der Waals surface area contributed by atoms with Gasteiger partial charge in [-0.05, 0) is 24.3 Å². The molecule has 0 fully saturated rings. The van der Waals surface area contributed by atoms with Gasteiger partial charge in [-0.2, -0.15) is 0 Å². The van der Waals surface area contributed by atoms with Crippen LogP contribution in [0.3, 0.4) is 0 Å². The molecule has 5 nitrogen and oxygen atoms in total. The van der Waals surface area contributed by atoms with E-state index < -0.39 is 5.97 Å². The van der Waals surface area contributed by atoms with Gasteiger partial charge in [0.2, 0.25) is 0 Å². The number of carbonyl (C=O) groups is 1. The van der Waals surface area contributed by atoms with Crippen molar-refractivity contribution in [3.8, 4) is 5.75 Å². The van der Waals surface area contributed by atoms with E-state index in [1.807, 2.05) is 0 Å². The topological polar surface area (TPSA) is 82.9 Å². The summed E-state index contributed by atoms with van der Waals surface area (Å²) in [7, 11) is 0. The third-order valence-corrected chi connectivity index (χ3v) is 1.34. The molecule has 0 aliphatic carbocycles.